The van der Waals surface area contributed by atoms with Crippen LogP contribution in [0.5, 0.6) is 0 Å². The number of aryl methyl sites for hydroxylation is 2. The average molecular weight is 277 g/mol. The molecule has 0 bridgehead atoms. The second kappa shape index (κ2) is 6.48. The highest BCUT2D eigenvalue weighted by atomic mass is 35.5. The lowest BCUT2D eigenvalue weighted by Gasteiger charge is -2.07. The molecule has 0 saturated heterocycles. The van der Waals surface area contributed by atoms with Crippen LogP contribution in [0.2, 0.25) is 5.15 Å². The summed E-state index contributed by atoms with van der Waals surface area (Å²) in [6, 6.07) is 5.78. The van der Waals surface area contributed by atoms with Crippen molar-refractivity contribution >= 4 is 17.4 Å². The van der Waals surface area contributed by atoms with Crippen molar-refractivity contribution in [3.05, 3.63) is 46.6 Å². The molecule has 0 radical (unpaired) electrons. The van der Waals surface area contributed by atoms with Gasteiger partial charge in [-0.05, 0) is 25.0 Å². The minimum Gasteiger partial charge on any atom is -0.366 e. The number of halogens is 1. The van der Waals surface area contributed by atoms with Crippen LogP contribution in [0, 0.1) is 6.92 Å². The first kappa shape index (κ1) is 13.7. The van der Waals surface area contributed by atoms with E-state index in [1.807, 2.05) is 25.3 Å². The Morgan fingerprint density at radius 3 is 2.79 bits per heavy atom. The van der Waals surface area contributed by atoms with Gasteiger partial charge < -0.3 is 5.32 Å². The topological polar surface area (TPSA) is 50.7 Å². The first-order valence-electron chi connectivity index (χ1n) is 6.36. The maximum absolute atomic E-state index is 5.98. The molecule has 100 valence electrons. The molecule has 0 unspecified atom stereocenters. The second-order valence-electron chi connectivity index (χ2n) is 4.40. The van der Waals surface area contributed by atoms with Gasteiger partial charge in [0.15, 0.2) is 0 Å². The molecule has 0 atom stereocenters. The first-order valence-corrected chi connectivity index (χ1v) is 6.74. The van der Waals surface area contributed by atoms with Crippen LogP contribution in [0.3, 0.4) is 0 Å². The van der Waals surface area contributed by atoms with E-state index in [1.54, 1.807) is 6.07 Å². The van der Waals surface area contributed by atoms with Crippen LogP contribution in [-0.4, -0.2) is 15.0 Å². The van der Waals surface area contributed by atoms with Gasteiger partial charge in [0.05, 0.1) is 0 Å². The lowest BCUT2D eigenvalue weighted by Crippen LogP contribution is -2.05. The van der Waals surface area contributed by atoms with Crippen LogP contribution in [0.25, 0.3) is 0 Å². The fraction of sp³-hybridized carbons (Fsp3) is 0.357. The Labute approximate surface area is 118 Å². The zero-order valence-corrected chi connectivity index (χ0v) is 11.9. The molecule has 0 aliphatic carbocycles. The molecule has 0 aromatic carbocycles. The van der Waals surface area contributed by atoms with Crippen LogP contribution in [-0.2, 0) is 13.0 Å². The molecule has 4 nitrogen and oxygen atoms in total. The van der Waals surface area contributed by atoms with Crippen LogP contribution < -0.4 is 5.32 Å². The van der Waals surface area contributed by atoms with Gasteiger partial charge in [0.25, 0.3) is 0 Å². The summed E-state index contributed by atoms with van der Waals surface area (Å²) in [5, 5.41) is 3.72. The summed E-state index contributed by atoms with van der Waals surface area (Å²) in [6.45, 7) is 4.74. The molecule has 2 aromatic heterocycles. The number of nitrogens with zero attached hydrogens (tertiary/aromatic N) is 3. The van der Waals surface area contributed by atoms with Crippen molar-refractivity contribution in [3.63, 3.8) is 0 Å². The maximum Gasteiger partial charge on any atom is 0.134 e. The molecule has 2 rings (SSSR count). The van der Waals surface area contributed by atoms with E-state index in [4.69, 9.17) is 11.6 Å². The van der Waals surface area contributed by atoms with E-state index in [1.165, 1.54) is 0 Å². The van der Waals surface area contributed by atoms with Crippen molar-refractivity contribution in [1.82, 2.24) is 15.0 Å². The van der Waals surface area contributed by atoms with Gasteiger partial charge in [-0.15, -0.1) is 0 Å². The van der Waals surface area contributed by atoms with Crippen molar-refractivity contribution < 1.29 is 0 Å². The third-order valence-corrected chi connectivity index (χ3v) is 2.85. The number of hydrogen-bond acceptors (Lipinski definition) is 4. The van der Waals surface area contributed by atoms with E-state index in [2.05, 4.69) is 27.2 Å². The SMILES string of the molecule is CCCc1nc(Cl)cc(NCc2ccc(C)nc2)n1. The molecule has 0 aliphatic rings. The fourth-order valence-corrected chi connectivity index (χ4v) is 1.89. The van der Waals surface area contributed by atoms with E-state index in [0.29, 0.717) is 11.7 Å². The van der Waals surface area contributed by atoms with Crippen molar-refractivity contribution in [3.8, 4) is 0 Å². The standard InChI is InChI=1S/C14H17ClN4/c1-3-4-13-18-12(15)7-14(19-13)17-9-11-6-5-10(2)16-8-11/h5-8H,3-4,9H2,1-2H3,(H,17,18,19). The molecule has 1 N–H and O–H groups in total. The van der Waals surface area contributed by atoms with Gasteiger partial charge in [-0.1, -0.05) is 24.6 Å². The Morgan fingerprint density at radius 1 is 1.26 bits per heavy atom. The summed E-state index contributed by atoms with van der Waals surface area (Å²) in [4.78, 5) is 12.9. The van der Waals surface area contributed by atoms with Crippen molar-refractivity contribution in [2.45, 2.75) is 33.2 Å². The first-order chi connectivity index (χ1) is 9.17. The van der Waals surface area contributed by atoms with Crippen molar-refractivity contribution in [2.75, 3.05) is 5.32 Å². The highest BCUT2D eigenvalue weighted by Gasteiger charge is 2.03. The number of nitrogens with one attached hydrogen (secondary N) is 1. The molecule has 0 aliphatic heterocycles. The van der Waals surface area contributed by atoms with Crippen LogP contribution in [0.4, 0.5) is 5.82 Å². The van der Waals surface area contributed by atoms with Gasteiger partial charge in [-0.2, -0.15) is 0 Å². The van der Waals surface area contributed by atoms with Gasteiger partial charge in [0, 0.05) is 30.9 Å². The highest BCUT2D eigenvalue weighted by Crippen LogP contribution is 2.13. The molecule has 5 heteroatoms. The Balaban J connectivity index is 2.04. The molecule has 0 spiro atoms. The maximum atomic E-state index is 5.98. The van der Waals surface area contributed by atoms with E-state index < -0.39 is 0 Å². The van der Waals surface area contributed by atoms with Gasteiger partial charge in [0.2, 0.25) is 0 Å². The largest absolute Gasteiger partial charge is 0.366 e. The average Bonchev–Trinajstić information content (AvgIpc) is 2.38. The minimum atomic E-state index is 0.475. The number of aromatic nitrogens is 3. The predicted molar refractivity (Wildman–Crippen MR) is 77.3 cm³/mol. The lowest BCUT2D eigenvalue weighted by molar-refractivity contribution is 0.833. The van der Waals surface area contributed by atoms with Gasteiger partial charge in [-0.25, -0.2) is 9.97 Å². The van der Waals surface area contributed by atoms with Crippen LogP contribution in [0.15, 0.2) is 24.4 Å². The van der Waals surface area contributed by atoms with Crippen LogP contribution >= 0.6 is 11.6 Å². The quantitative estimate of drug-likeness (QED) is 0.851. The summed E-state index contributed by atoms with van der Waals surface area (Å²) >= 11 is 5.98. The summed E-state index contributed by atoms with van der Waals surface area (Å²) in [5.41, 5.74) is 2.12. The van der Waals surface area contributed by atoms with Crippen molar-refractivity contribution in [1.29, 1.82) is 0 Å². The van der Waals surface area contributed by atoms with Crippen molar-refractivity contribution in [2.24, 2.45) is 0 Å². The summed E-state index contributed by atoms with van der Waals surface area (Å²) in [6.07, 6.45) is 3.70. The third kappa shape index (κ3) is 4.17. The molecule has 0 fully saturated rings. The number of pyridine rings is 1. The molecular formula is C14H17ClN4. The van der Waals surface area contributed by atoms with E-state index >= 15 is 0 Å². The molecule has 0 saturated carbocycles. The normalized spacial score (nSPS) is 10.5. The fourth-order valence-electron chi connectivity index (χ4n) is 1.69. The van der Waals surface area contributed by atoms with Gasteiger partial charge in [0.1, 0.15) is 16.8 Å². The Morgan fingerprint density at radius 2 is 2.11 bits per heavy atom. The van der Waals surface area contributed by atoms with E-state index in [9.17, 15) is 0 Å². The Kier molecular flexibility index (Phi) is 4.68. The molecule has 2 aromatic rings. The van der Waals surface area contributed by atoms with E-state index in [-0.39, 0.29) is 0 Å². The smallest absolute Gasteiger partial charge is 0.134 e. The highest BCUT2D eigenvalue weighted by molar-refractivity contribution is 6.29. The Bertz CT molecular complexity index is 540. The number of rotatable bonds is 5. The molecular weight excluding hydrogens is 260 g/mol. The predicted octanol–water partition coefficient (Wildman–Crippen LogP) is 3.40. The second-order valence-corrected chi connectivity index (χ2v) is 4.79. The third-order valence-electron chi connectivity index (χ3n) is 2.66. The Hall–Kier alpha value is -1.68. The zero-order valence-electron chi connectivity index (χ0n) is 11.2. The summed E-state index contributed by atoms with van der Waals surface area (Å²) in [7, 11) is 0. The summed E-state index contributed by atoms with van der Waals surface area (Å²) < 4.78 is 0. The van der Waals surface area contributed by atoms with Gasteiger partial charge in [-0.3, -0.25) is 4.98 Å². The van der Waals surface area contributed by atoms with E-state index in [0.717, 1.165) is 35.7 Å². The molecule has 0 amide bonds. The van der Waals surface area contributed by atoms with Crippen LogP contribution in [0.1, 0.15) is 30.4 Å². The number of hydrogen-bond donors (Lipinski definition) is 1. The monoisotopic (exact) mass is 276 g/mol. The molecule has 2 heterocycles. The zero-order chi connectivity index (χ0) is 13.7. The minimum absolute atomic E-state index is 0.475. The molecule has 19 heavy (non-hydrogen) atoms. The van der Waals surface area contributed by atoms with Gasteiger partial charge >= 0.3 is 0 Å². The lowest BCUT2D eigenvalue weighted by atomic mass is 10.2. The summed E-state index contributed by atoms with van der Waals surface area (Å²) in [5.74, 6) is 1.53. The number of anilines is 1.